The summed E-state index contributed by atoms with van der Waals surface area (Å²) in [5.41, 5.74) is 0. The highest BCUT2D eigenvalue weighted by Crippen LogP contribution is 2.31. The molecular formula is C15H26N2O2S. The predicted molar refractivity (Wildman–Crippen MR) is 82.6 cm³/mol. The van der Waals surface area contributed by atoms with Crippen LogP contribution in [0.5, 0.6) is 0 Å². The number of nitrogens with zero attached hydrogens (tertiary/aromatic N) is 2. The van der Waals surface area contributed by atoms with Crippen LogP contribution in [0.1, 0.15) is 33.6 Å². The summed E-state index contributed by atoms with van der Waals surface area (Å²) in [7, 11) is 0. The molecule has 1 atom stereocenters. The van der Waals surface area contributed by atoms with Crippen LogP contribution in [0.3, 0.4) is 0 Å². The van der Waals surface area contributed by atoms with Crippen molar-refractivity contribution in [2.75, 3.05) is 31.9 Å². The number of carbonyl (C=O) groups excluding carboxylic acids is 2. The fourth-order valence-corrected chi connectivity index (χ4v) is 3.22. The zero-order chi connectivity index (χ0) is 14.7. The lowest BCUT2D eigenvalue weighted by atomic mass is 10.2. The van der Waals surface area contributed by atoms with Crippen LogP contribution in [0.25, 0.3) is 0 Å². The Bertz CT molecular complexity index is 361. The van der Waals surface area contributed by atoms with E-state index in [0.29, 0.717) is 54.9 Å². The Kier molecular flexibility index (Phi) is 5.35. The molecule has 2 fully saturated rings. The quantitative estimate of drug-likeness (QED) is 0.778. The van der Waals surface area contributed by atoms with Crippen LogP contribution < -0.4 is 0 Å². The topological polar surface area (TPSA) is 40.6 Å². The molecule has 1 saturated carbocycles. The molecule has 0 spiro atoms. The fraction of sp³-hybridized carbons (Fsp3) is 0.867. The summed E-state index contributed by atoms with van der Waals surface area (Å²) < 4.78 is 0. The molecular weight excluding hydrogens is 272 g/mol. The van der Waals surface area contributed by atoms with Gasteiger partial charge >= 0.3 is 0 Å². The van der Waals surface area contributed by atoms with Gasteiger partial charge < -0.3 is 9.80 Å². The summed E-state index contributed by atoms with van der Waals surface area (Å²) in [4.78, 5) is 27.9. The van der Waals surface area contributed by atoms with Crippen molar-refractivity contribution < 1.29 is 9.59 Å². The Labute approximate surface area is 126 Å². The van der Waals surface area contributed by atoms with Gasteiger partial charge in [-0.3, -0.25) is 9.59 Å². The third-order valence-electron chi connectivity index (χ3n) is 4.28. The lowest BCUT2D eigenvalue weighted by Gasteiger charge is -2.35. The lowest BCUT2D eigenvalue weighted by Crippen LogP contribution is -2.51. The monoisotopic (exact) mass is 298 g/mol. The third-order valence-corrected chi connectivity index (χ3v) is 5.76. The van der Waals surface area contributed by atoms with Crippen LogP contribution in [0.4, 0.5) is 0 Å². The smallest absolute Gasteiger partial charge is 0.232 e. The highest BCUT2D eigenvalue weighted by atomic mass is 32.2. The van der Waals surface area contributed by atoms with Crippen molar-refractivity contribution in [3.05, 3.63) is 0 Å². The summed E-state index contributed by atoms with van der Waals surface area (Å²) in [6.07, 6.45) is 2.11. The van der Waals surface area contributed by atoms with Gasteiger partial charge in [0.2, 0.25) is 11.8 Å². The maximum Gasteiger partial charge on any atom is 0.232 e. The normalized spacial score (nSPS) is 21.2. The second-order valence-corrected chi connectivity index (χ2v) is 7.61. The summed E-state index contributed by atoms with van der Waals surface area (Å²) >= 11 is 1.74. The Morgan fingerprint density at radius 2 is 1.60 bits per heavy atom. The van der Waals surface area contributed by atoms with Crippen molar-refractivity contribution in [3.8, 4) is 0 Å². The minimum atomic E-state index is 0.223. The van der Waals surface area contributed by atoms with E-state index in [1.807, 2.05) is 9.80 Å². The number of thioether (sulfide) groups is 1. The van der Waals surface area contributed by atoms with Crippen LogP contribution in [0, 0.1) is 11.8 Å². The van der Waals surface area contributed by atoms with Crippen LogP contribution in [0.2, 0.25) is 0 Å². The van der Waals surface area contributed by atoms with Gasteiger partial charge in [0.15, 0.2) is 0 Å². The Morgan fingerprint density at radius 1 is 1.05 bits per heavy atom. The molecule has 0 aromatic carbocycles. The average molecular weight is 298 g/mol. The molecule has 0 unspecified atom stereocenters. The zero-order valence-electron chi connectivity index (χ0n) is 12.8. The van der Waals surface area contributed by atoms with Crippen LogP contribution in [-0.4, -0.2) is 58.8 Å². The maximum absolute atomic E-state index is 12.1. The molecule has 1 aliphatic carbocycles. The lowest BCUT2D eigenvalue weighted by molar-refractivity contribution is -0.139. The number of hydrogen-bond acceptors (Lipinski definition) is 3. The number of rotatable bonds is 5. The van der Waals surface area contributed by atoms with E-state index in [2.05, 4.69) is 20.8 Å². The van der Waals surface area contributed by atoms with E-state index in [-0.39, 0.29) is 5.91 Å². The molecule has 20 heavy (non-hydrogen) atoms. The van der Waals surface area contributed by atoms with Crippen molar-refractivity contribution in [3.63, 3.8) is 0 Å². The van der Waals surface area contributed by atoms with Gasteiger partial charge in [-0.15, -0.1) is 11.8 Å². The highest BCUT2D eigenvalue weighted by Gasteiger charge is 2.35. The molecule has 0 bridgehead atoms. The van der Waals surface area contributed by atoms with Gasteiger partial charge in [-0.1, -0.05) is 20.8 Å². The largest absolute Gasteiger partial charge is 0.339 e. The van der Waals surface area contributed by atoms with Crippen molar-refractivity contribution in [2.45, 2.75) is 38.9 Å². The first-order valence-corrected chi connectivity index (χ1v) is 8.72. The molecule has 2 amide bonds. The second-order valence-electron chi connectivity index (χ2n) is 6.24. The third kappa shape index (κ3) is 4.14. The molecule has 1 heterocycles. The second kappa shape index (κ2) is 6.83. The van der Waals surface area contributed by atoms with Gasteiger partial charge in [-0.25, -0.2) is 0 Å². The van der Waals surface area contributed by atoms with E-state index in [9.17, 15) is 9.59 Å². The van der Waals surface area contributed by atoms with E-state index in [0.717, 1.165) is 12.8 Å². The number of amides is 2. The first-order chi connectivity index (χ1) is 9.49. The standard InChI is InChI=1S/C15H26N2O2S/c1-11(2)12(3)20-10-14(18)16-6-8-17(9-7-16)15(19)13-4-5-13/h11-13H,4-10H2,1-3H3/t12-/m1/s1. The zero-order valence-corrected chi connectivity index (χ0v) is 13.6. The van der Waals surface area contributed by atoms with Crippen LogP contribution in [-0.2, 0) is 9.59 Å². The molecule has 2 aliphatic rings. The summed E-state index contributed by atoms with van der Waals surface area (Å²) in [6, 6.07) is 0. The first-order valence-electron chi connectivity index (χ1n) is 7.67. The van der Waals surface area contributed by atoms with E-state index in [1.54, 1.807) is 11.8 Å². The summed E-state index contributed by atoms with van der Waals surface area (Å²) in [5.74, 6) is 1.98. The van der Waals surface area contributed by atoms with Gasteiger partial charge in [0, 0.05) is 37.3 Å². The molecule has 1 aliphatic heterocycles. The molecule has 0 aromatic heterocycles. The molecule has 5 heteroatoms. The van der Waals surface area contributed by atoms with Gasteiger partial charge in [-0.2, -0.15) is 0 Å². The van der Waals surface area contributed by atoms with Crippen molar-refractivity contribution in [1.29, 1.82) is 0 Å². The molecule has 0 N–H and O–H groups in total. The molecule has 0 aromatic rings. The molecule has 114 valence electrons. The van der Waals surface area contributed by atoms with Crippen LogP contribution >= 0.6 is 11.8 Å². The number of piperazine rings is 1. The fourth-order valence-electron chi connectivity index (χ4n) is 2.25. The summed E-state index contributed by atoms with van der Waals surface area (Å²) in [5, 5.41) is 0.511. The summed E-state index contributed by atoms with van der Waals surface area (Å²) in [6.45, 7) is 9.38. The molecule has 2 rings (SSSR count). The van der Waals surface area contributed by atoms with E-state index in [4.69, 9.17) is 0 Å². The Balaban J connectivity index is 1.70. The van der Waals surface area contributed by atoms with Gasteiger partial charge in [0.05, 0.1) is 5.75 Å². The van der Waals surface area contributed by atoms with Crippen molar-refractivity contribution in [1.82, 2.24) is 9.80 Å². The van der Waals surface area contributed by atoms with E-state index in [1.165, 1.54) is 0 Å². The number of hydrogen-bond donors (Lipinski definition) is 0. The maximum atomic E-state index is 12.1. The van der Waals surface area contributed by atoms with Gasteiger partial charge in [0.25, 0.3) is 0 Å². The van der Waals surface area contributed by atoms with Crippen LogP contribution in [0.15, 0.2) is 0 Å². The van der Waals surface area contributed by atoms with Gasteiger partial charge in [-0.05, 0) is 18.8 Å². The van der Waals surface area contributed by atoms with Crippen molar-refractivity contribution >= 4 is 23.6 Å². The van der Waals surface area contributed by atoms with Crippen molar-refractivity contribution in [2.24, 2.45) is 11.8 Å². The predicted octanol–water partition coefficient (Wildman–Crippen LogP) is 1.84. The van der Waals surface area contributed by atoms with E-state index >= 15 is 0 Å². The van der Waals surface area contributed by atoms with Gasteiger partial charge in [0.1, 0.15) is 0 Å². The number of carbonyl (C=O) groups is 2. The molecule has 0 radical (unpaired) electrons. The Hall–Kier alpha value is -0.710. The molecule has 4 nitrogen and oxygen atoms in total. The average Bonchev–Trinajstić information content (AvgIpc) is 3.28. The first kappa shape index (κ1) is 15.7. The SMILES string of the molecule is CC(C)[C@@H](C)SCC(=O)N1CCN(C(=O)C2CC2)CC1. The minimum absolute atomic E-state index is 0.223. The van der Waals surface area contributed by atoms with E-state index < -0.39 is 0 Å². The highest BCUT2D eigenvalue weighted by molar-refractivity contribution is 8.00. The minimum Gasteiger partial charge on any atom is -0.339 e. The molecule has 1 saturated heterocycles. The Morgan fingerprint density at radius 3 is 2.10 bits per heavy atom.